The van der Waals surface area contributed by atoms with Gasteiger partial charge in [-0.1, -0.05) is 12.8 Å². The molecule has 3 heteroatoms. The predicted molar refractivity (Wildman–Crippen MR) is 71.2 cm³/mol. The Balaban J connectivity index is 1.87. The summed E-state index contributed by atoms with van der Waals surface area (Å²) in [6.45, 7) is 10.4. The number of hydrogen-bond acceptors (Lipinski definition) is 3. The minimum Gasteiger partial charge on any atom is -0.391 e. The summed E-state index contributed by atoms with van der Waals surface area (Å²) in [5.41, 5.74) is -0.140. The second-order valence-electron chi connectivity index (χ2n) is 6.12. The van der Waals surface area contributed by atoms with Gasteiger partial charge in [0.2, 0.25) is 0 Å². The van der Waals surface area contributed by atoms with Crippen molar-refractivity contribution in [2.45, 2.75) is 64.6 Å². The summed E-state index contributed by atoms with van der Waals surface area (Å²) >= 11 is 0. The highest BCUT2D eigenvalue weighted by atomic mass is 16.5. The number of aliphatic hydroxyl groups excluding tert-OH is 1. The summed E-state index contributed by atoms with van der Waals surface area (Å²) in [7, 11) is 0. The first kappa shape index (κ1) is 14.9. The molecule has 0 saturated carbocycles. The lowest BCUT2D eigenvalue weighted by atomic mass is 10.1. The molecule has 0 aromatic rings. The minimum absolute atomic E-state index is 0.140. The zero-order valence-electron chi connectivity index (χ0n) is 11.7. The number of ether oxygens (including phenoxy) is 1. The smallest absolute Gasteiger partial charge is 0.0774 e. The van der Waals surface area contributed by atoms with Crippen molar-refractivity contribution in [3.63, 3.8) is 0 Å². The highest BCUT2D eigenvalue weighted by Crippen LogP contribution is 2.12. The van der Waals surface area contributed by atoms with Crippen LogP contribution in [0.1, 0.15) is 52.9 Å². The van der Waals surface area contributed by atoms with Crippen LogP contribution in [0.2, 0.25) is 0 Å². The third-order valence-corrected chi connectivity index (χ3v) is 3.17. The van der Waals surface area contributed by atoms with E-state index in [0.717, 1.165) is 12.8 Å². The summed E-state index contributed by atoms with van der Waals surface area (Å²) in [5.74, 6) is 0. The van der Waals surface area contributed by atoms with Crippen LogP contribution in [-0.4, -0.2) is 48.0 Å². The molecule has 102 valence electrons. The second kappa shape index (κ2) is 7.34. The van der Waals surface area contributed by atoms with Crippen molar-refractivity contribution in [3.8, 4) is 0 Å². The van der Waals surface area contributed by atoms with E-state index in [1.165, 1.54) is 38.9 Å². The Hall–Kier alpha value is -0.120. The number of aliphatic hydroxyl groups is 1. The van der Waals surface area contributed by atoms with Gasteiger partial charge in [-0.2, -0.15) is 0 Å². The Morgan fingerprint density at radius 2 is 1.88 bits per heavy atom. The number of unbranched alkanes of at least 4 members (excludes halogenated alkanes) is 2. The van der Waals surface area contributed by atoms with Gasteiger partial charge >= 0.3 is 0 Å². The van der Waals surface area contributed by atoms with Crippen LogP contribution in [0.15, 0.2) is 0 Å². The molecule has 0 bridgehead atoms. The van der Waals surface area contributed by atoms with E-state index in [9.17, 15) is 5.11 Å². The standard InChI is InChI=1S/C14H29NO2/c1-14(2,3)17-12-13(16)8-5-4-6-9-15-10-7-11-15/h13,16H,4-12H2,1-3H3/t13-/m1/s1. The molecule has 1 heterocycles. The van der Waals surface area contributed by atoms with Crippen molar-refractivity contribution >= 4 is 0 Å². The number of likely N-dealkylation sites (tertiary alicyclic amines) is 1. The first-order chi connectivity index (χ1) is 7.97. The summed E-state index contributed by atoms with van der Waals surface area (Å²) < 4.78 is 5.55. The molecule has 0 aliphatic carbocycles. The topological polar surface area (TPSA) is 32.7 Å². The summed E-state index contributed by atoms with van der Waals surface area (Å²) in [5, 5.41) is 9.74. The molecular formula is C14H29NO2. The van der Waals surface area contributed by atoms with Crippen LogP contribution in [0.4, 0.5) is 0 Å². The van der Waals surface area contributed by atoms with Gasteiger partial charge in [-0.25, -0.2) is 0 Å². The Morgan fingerprint density at radius 3 is 2.41 bits per heavy atom. The highest BCUT2D eigenvalue weighted by molar-refractivity contribution is 4.68. The minimum atomic E-state index is -0.293. The molecular weight excluding hydrogens is 214 g/mol. The van der Waals surface area contributed by atoms with Gasteiger partial charge in [0.1, 0.15) is 0 Å². The average molecular weight is 243 g/mol. The molecule has 0 spiro atoms. The average Bonchev–Trinajstić information content (AvgIpc) is 2.16. The van der Waals surface area contributed by atoms with Gasteiger partial charge in [0.05, 0.1) is 18.3 Å². The Kier molecular flexibility index (Phi) is 6.45. The Morgan fingerprint density at radius 1 is 1.18 bits per heavy atom. The molecule has 1 aliphatic rings. The van der Waals surface area contributed by atoms with Crippen LogP contribution in [0, 0.1) is 0 Å². The van der Waals surface area contributed by atoms with Gasteiger partial charge in [0, 0.05) is 0 Å². The largest absolute Gasteiger partial charge is 0.391 e. The van der Waals surface area contributed by atoms with E-state index in [1.807, 2.05) is 20.8 Å². The van der Waals surface area contributed by atoms with Crippen LogP contribution in [0.3, 0.4) is 0 Å². The van der Waals surface area contributed by atoms with Crippen molar-refractivity contribution in [2.24, 2.45) is 0 Å². The van der Waals surface area contributed by atoms with E-state index < -0.39 is 0 Å². The molecule has 0 radical (unpaired) electrons. The fraction of sp³-hybridized carbons (Fsp3) is 1.00. The molecule has 1 fully saturated rings. The SMILES string of the molecule is CC(C)(C)OC[C@H](O)CCCCCN1CCC1. The van der Waals surface area contributed by atoms with Crippen LogP contribution in [0.25, 0.3) is 0 Å². The monoisotopic (exact) mass is 243 g/mol. The quantitative estimate of drug-likeness (QED) is 0.665. The maximum absolute atomic E-state index is 9.74. The van der Waals surface area contributed by atoms with Gasteiger partial charge in [-0.15, -0.1) is 0 Å². The van der Waals surface area contributed by atoms with Crippen molar-refractivity contribution in [3.05, 3.63) is 0 Å². The normalized spacial score (nSPS) is 19.1. The van der Waals surface area contributed by atoms with E-state index in [1.54, 1.807) is 0 Å². The van der Waals surface area contributed by atoms with Crippen LogP contribution in [0.5, 0.6) is 0 Å². The molecule has 17 heavy (non-hydrogen) atoms. The molecule has 1 aliphatic heterocycles. The van der Waals surface area contributed by atoms with E-state index in [0.29, 0.717) is 6.61 Å². The van der Waals surface area contributed by atoms with Crippen molar-refractivity contribution in [1.82, 2.24) is 4.90 Å². The van der Waals surface area contributed by atoms with E-state index in [2.05, 4.69) is 4.90 Å². The molecule has 1 rings (SSSR count). The third kappa shape index (κ3) is 7.74. The third-order valence-electron chi connectivity index (χ3n) is 3.17. The lowest BCUT2D eigenvalue weighted by Crippen LogP contribution is -2.37. The van der Waals surface area contributed by atoms with Crippen molar-refractivity contribution in [1.29, 1.82) is 0 Å². The zero-order valence-corrected chi connectivity index (χ0v) is 11.7. The molecule has 0 aromatic heterocycles. The van der Waals surface area contributed by atoms with Crippen LogP contribution in [-0.2, 0) is 4.74 Å². The highest BCUT2D eigenvalue weighted by Gasteiger charge is 2.14. The maximum atomic E-state index is 9.74. The van der Waals surface area contributed by atoms with E-state index in [-0.39, 0.29) is 11.7 Å². The fourth-order valence-electron chi connectivity index (χ4n) is 1.93. The van der Waals surface area contributed by atoms with E-state index >= 15 is 0 Å². The van der Waals surface area contributed by atoms with E-state index in [4.69, 9.17) is 4.74 Å². The lowest BCUT2D eigenvalue weighted by molar-refractivity contribution is -0.0509. The molecule has 1 saturated heterocycles. The predicted octanol–water partition coefficient (Wildman–Crippen LogP) is 2.43. The molecule has 1 atom stereocenters. The maximum Gasteiger partial charge on any atom is 0.0774 e. The number of nitrogens with zero attached hydrogens (tertiary/aromatic N) is 1. The van der Waals surface area contributed by atoms with Gasteiger partial charge in [0.25, 0.3) is 0 Å². The molecule has 1 N–H and O–H groups in total. The summed E-state index contributed by atoms with van der Waals surface area (Å²) in [6, 6.07) is 0. The van der Waals surface area contributed by atoms with Gasteiger partial charge < -0.3 is 14.7 Å². The summed E-state index contributed by atoms with van der Waals surface area (Å²) in [4.78, 5) is 2.50. The van der Waals surface area contributed by atoms with Gasteiger partial charge in [0.15, 0.2) is 0 Å². The Labute approximate surface area is 106 Å². The number of rotatable bonds is 8. The van der Waals surface area contributed by atoms with Crippen LogP contribution >= 0.6 is 0 Å². The molecule has 3 nitrogen and oxygen atoms in total. The van der Waals surface area contributed by atoms with Crippen molar-refractivity contribution in [2.75, 3.05) is 26.2 Å². The molecule has 0 aromatic carbocycles. The molecule has 0 unspecified atom stereocenters. The van der Waals surface area contributed by atoms with Crippen LogP contribution < -0.4 is 0 Å². The fourth-order valence-corrected chi connectivity index (χ4v) is 1.93. The van der Waals surface area contributed by atoms with Crippen molar-refractivity contribution < 1.29 is 9.84 Å². The number of hydrogen-bond donors (Lipinski definition) is 1. The Bertz CT molecular complexity index is 197. The van der Waals surface area contributed by atoms with Gasteiger partial charge in [-0.05, 0) is 59.7 Å². The zero-order chi connectivity index (χ0) is 12.7. The summed E-state index contributed by atoms with van der Waals surface area (Å²) in [6.07, 6.45) is 5.57. The first-order valence-electron chi connectivity index (χ1n) is 7.02. The first-order valence-corrected chi connectivity index (χ1v) is 7.02. The lowest BCUT2D eigenvalue weighted by Gasteiger charge is -2.30. The van der Waals surface area contributed by atoms with Gasteiger partial charge in [-0.3, -0.25) is 0 Å². The second-order valence-corrected chi connectivity index (χ2v) is 6.12. The molecule has 0 amide bonds.